The highest BCUT2D eigenvalue weighted by Gasteiger charge is 2.17. The van der Waals surface area contributed by atoms with Crippen molar-refractivity contribution in [1.29, 1.82) is 0 Å². The Balaban J connectivity index is 2.15. The number of rotatable bonds is 2. The van der Waals surface area contributed by atoms with Crippen molar-refractivity contribution >= 4 is 55.8 Å². The standard InChI is InChI=1S/C15H8BrCl2NO/c16-8-1-4-14-11(5-8)12(7-19-14)15(20)10-3-2-9(17)6-13(10)18/h1-7,19H. The van der Waals surface area contributed by atoms with E-state index in [2.05, 4.69) is 20.9 Å². The summed E-state index contributed by atoms with van der Waals surface area (Å²) in [6.07, 6.45) is 1.70. The number of fused-ring (bicyclic) bond motifs is 1. The maximum atomic E-state index is 12.6. The number of halogens is 3. The van der Waals surface area contributed by atoms with Crippen molar-refractivity contribution in [3.63, 3.8) is 0 Å². The number of carbonyl (C=O) groups excluding carboxylic acids is 1. The van der Waals surface area contributed by atoms with E-state index in [0.29, 0.717) is 21.2 Å². The zero-order valence-electron chi connectivity index (χ0n) is 10.1. The number of hydrogen-bond donors (Lipinski definition) is 1. The third-order valence-electron chi connectivity index (χ3n) is 3.06. The van der Waals surface area contributed by atoms with Crippen LogP contribution in [-0.2, 0) is 0 Å². The van der Waals surface area contributed by atoms with Crippen molar-refractivity contribution in [2.75, 3.05) is 0 Å². The summed E-state index contributed by atoms with van der Waals surface area (Å²) >= 11 is 15.4. The molecule has 3 rings (SSSR count). The summed E-state index contributed by atoms with van der Waals surface area (Å²) in [6, 6.07) is 10.6. The molecule has 0 aliphatic heterocycles. The molecule has 100 valence electrons. The summed E-state index contributed by atoms with van der Waals surface area (Å²) in [5.74, 6) is -0.129. The average molecular weight is 369 g/mol. The summed E-state index contributed by atoms with van der Waals surface area (Å²) in [7, 11) is 0. The normalized spacial score (nSPS) is 10.9. The largest absolute Gasteiger partial charge is 0.360 e. The van der Waals surface area contributed by atoms with E-state index < -0.39 is 0 Å². The fourth-order valence-corrected chi connectivity index (χ4v) is 2.95. The Bertz CT molecular complexity index is 826. The smallest absolute Gasteiger partial charge is 0.196 e. The topological polar surface area (TPSA) is 32.9 Å². The Labute approximate surface area is 133 Å². The molecular weight excluding hydrogens is 361 g/mol. The lowest BCUT2D eigenvalue weighted by atomic mass is 10.0. The molecule has 0 atom stereocenters. The first-order valence-electron chi connectivity index (χ1n) is 5.82. The summed E-state index contributed by atoms with van der Waals surface area (Å²) in [5.41, 5.74) is 1.93. The summed E-state index contributed by atoms with van der Waals surface area (Å²) in [6.45, 7) is 0. The third kappa shape index (κ3) is 2.37. The van der Waals surface area contributed by atoms with E-state index in [1.165, 1.54) is 0 Å². The first-order chi connectivity index (χ1) is 9.56. The minimum Gasteiger partial charge on any atom is -0.360 e. The number of carbonyl (C=O) groups is 1. The van der Waals surface area contributed by atoms with Crippen molar-refractivity contribution in [3.05, 3.63) is 68.2 Å². The van der Waals surface area contributed by atoms with Gasteiger partial charge in [0.05, 0.1) is 5.02 Å². The average Bonchev–Trinajstić information content (AvgIpc) is 2.81. The molecule has 0 saturated carbocycles. The van der Waals surface area contributed by atoms with E-state index >= 15 is 0 Å². The van der Waals surface area contributed by atoms with E-state index in [4.69, 9.17) is 23.2 Å². The van der Waals surface area contributed by atoms with Crippen LogP contribution in [0.4, 0.5) is 0 Å². The zero-order valence-corrected chi connectivity index (χ0v) is 13.2. The van der Waals surface area contributed by atoms with Crippen LogP contribution in [0.15, 0.2) is 47.1 Å². The van der Waals surface area contributed by atoms with Crippen LogP contribution in [-0.4, -0.2) is 10.8 Å². The Morgan fingerprint density at radius 1 is 1.05 bits per heavy atom. The van der Waals surface area contributed by atoms with Crippen molar-refractivity contribution in [1.82, 2.24) is 4.98 Å². The predicted octanol–water partition coefficient (Wildman–Crippen LogP) is 5.47. The lowest BCUT2D eigenvalue weighted by Gasteiger charge is -2.03. The highest BCUT2D eigenvalue weighted by atomic mass is 79.9. The fraction of sp³-hybridized carbons (Fsp3) is 0. The van der Waals surface area contributed by atoms with Gasteiger partial charge in [-0.25, -0.2) is 0 Å². The number of benzene rings is 2. The van der Waals surface area contributed by atoms with E-state index in [1.54, 1.807) is 24.4 Å². The highest BCUT2D eigenvalue weighted by molar-refractivity contribution is 9.10. The number of hydrogen-bond acceptors (Lipinski definition) is 1. The fourth-order valence-electron chi connectivity index (χ4n) is 2.10. The van der Waals surface area contributed by atoms with Gasteiger partial charge in [0, 0.05) is 37.7 Å². The Morgan fingerprint density at radius 3 is 2.60 bits per heavy atom. The molecule has 1 aromatic heterocycles. The van der Waals surface area contributed by atoms with Crippen LogP contribution in [0.2, 0.25) is 10.0 Å². The van der Waals surface area contributed by atoms with Crippen LogP contribution in [0.25, 0.3) is 10.9 Å². The Hall–Kier alpha value is -1.29. The van der Waals surface area contributed by atoms with Crippen molar-refractivity contribution in [2.24, 2.45) is 0 Å². The molecule has 1 heterocycles. The molecule has 0 bridgehead atoms. The third-order valence-corrected chi connectivity index (χ3v) is 4.11. The second-order valence-corrected chi connectivity index (χ2v) is 6.10. The molecule has 0 aliphatic rings. The van der Waals surface area contributed by atoms with Crippen LogP contribution >= 0.6 is 39.1 Å². The van der Waals surface area contributed by atoms with Gasteiger partial charge in [-0.2, -0.15) is 0 Å². The lowest BCUT2D eigenvalue weighted by molar-refractivity contribution is 0.104. The van der Waals surface area contributed by atoms with Crippen molar-refractivity contribution in [2.45, 2.75) is 0 Å². The second-order valence-electron chi connectivity index (χ2n) is 4.35. The van der Waals surface area contributed by atoms with Gasteiger partial charge in [-0.1, -0.05) is 39.1 Å². The number of H-pyrrole nitrogens is 1. The van der Waals surface area contributed by atoms with E-state index in [0.717, 1.165) is 15.4 Å². The zero-order chi connectivity index (χ0) is 14.3. The van der Waals surface area contributed by atoms with Gasteiger partial charge in [-0.3, -0.25) is 4.79 Å². The molecule has 1 N–H and O–H groups in total. The number of aromatic amines is 1. The predicted molar refractivity (Wildman–Crippen MR) is 85.9 cm³/mol. The first kappa shape index (κ1) is 13.7. The number of ketones is 1. The van der Waals surface area contributed by atoms with Crippen LogP contribution < -0.4 is 0 Å². The lowest BCUT2D eigenvalue weighted by Crippen LogP contribution is -2.01. The van der Waals surface area contributed by atoms with Crippen LogP contribution in [0.1, 0.15) is 15.9 Å². The van der Waals surface area contributed by atoms with Gasteiger partial charge in [-0.15, -0.1) is 0 Å². The van der Waals surface area contributed by atoms with Gasteiger partial charge in [0.15, 0.2) is 5.78 Å². The maximum Gasteiger partial charge on any atom is 0.196 e. The molecule has 0 saturated heterocycles. The molecule has 0 spiro atoms. The van der Waals surface area contributed by atoms with Gasteiger partial charge in [0.1, 0.15) is 0 Å². The molecule has 0 radical (unpaired) electrons. The second kappa shape index (κ2) is 5.24. The van der Waals surface area contributed by atoms with Gasteiger partial charge < -0.3 is 4.98 Å². The molecule has 20 heavy (non-hydrogen) atoms. The van der Waals surface area contributed by atoms with Crippen LogP contribution in [0, 0.1) is 0 Å². The molecule has 3 aromatic rings. The minimum absolute atomic E-state index is 0.129. The SMILES string of the molecule is O=C(c1ccc(Cl)cc1Cl)c1c[nH]c2ccc(Br)cc12. The highest BCUT2D eigenvalue weighted by Crippen LogP contribution is 2.28. The maximum absolute atomic E-state index is 12.6. The van der Waals surface area contributed by atoms with Crippen LogP contribution in [0.3, 0.4) is 0 Å². The molecule has 0 unspecified atom stereocenters. The molecule has 0 fully saturated rings. The van der Waals surface area contributed by atoms with Gasteiger partial charge >= 0.3 is 0 Å². The van der Waals surface area contributed by atoms with Crippen LogP contribution in [0.5, 0.6) is 0 Å². The molecule has 0 aliphatic carbocycles. The minimum atomic E-state index is -0.129. The van der Waals surface area contributed by atoms with Gasteiger partial charge in [0.25, 0.3) is 0 Å². The summed E-state index contributed by atoms with van der Waals surface area (Å²) < 4.78 is 0.917. The monoisotopic (exact) mass is 367 g/mol. The van der Waals surface area contributed by atoms with Gasteiger partial charge in [-0.05, 0) is 36.4 Å². The number of aromatic nitrogens is 1. The first-order valence-corrected chi connectivity index (χ1v) is 7.37. The molecule has 2 nitrogen and oxygen atoms in total. The Morgan fingerprint density at radius 2 is 1.85 bits per heavy atom. The summed E-state index contributed by atoms with van der Waals surface area (Å²) in [5, 5.41) is 1.72. The molecule has 5 heteroatoms. The van der Waals surface area contributed by atoms with E-state index in [9.17, 15) is 4.79 Å². The van der Waals surface area contributed by atoms with Crippen molar-refractivity contribution in [3.8, 4) is 0 Å². The summed E-state index contributed by atoms with van der Waals surface area (Å²) in [4.78, 5) is 15.7. The Kier molecular flexibility index (Phi) is 3.59. The van der Waals surface area contributed by atoms with E-state index in [-0.39, 0.29) is 5.78 Å². The molecule has 2 aromatic carbocycles. The van der Waals surface area contributed by atoms with Crippen molar-refractivity contribution < 1.29 is 4.79 Å². The van der Waals surface area contributed by atoms with Gasteiger partial charge in [0.2, 0.25) is 0 Å². The quantitative estimate of drug-likeness (QED) is 0.598. The molecule has 0 amide bonds. The van der Waals surface area contributed by atoms with E-state index in [1.807, 2.05) is 18.2 Å². The number of nitrogens with one attached hydrogen (secondary N) is 1. The molecular formula is C15H8BrCl2NO.